The van der Waals surface area contributed by atoms with Crippen LogP contribution in [0.15, 0.2) is 12.4 Å². The lowest BCUT2D eigenvalue weighted by molar-refractivity contribution is -0.129. The lowest BCUT2D eigenvalue weighted by Crippen LogP contribution is -2.43. The molecule has 0 aliphatic carbocycles. The molecule has 1 aromatic rings. The standard InChI is InChI=1S/C19H29N5O3/c1-13(2)11-24-12-15(9-16(24)25)18(26)22-10-14-3-7-23(8-4-14)19(27)17-20-5-6-21-17/h5-6,13-15H,3-4,7-12H2,1-2H3,(H,20,21)(H,22,26). The molecule has 0 radical (unpaired) electrons. The molecule has 8 heteroatoms. The van der Waals surface area contributed by atoms with Gasteiger partial charge in [0.15, 0.2) is 5.82 Å². The SMILES string of the molecule is CC(C)CN1CC(C(=O)NCC2CCN(C(=O)c3ncc[nH]3)CC2)CC1=O. The number of nitrogens with one attached hydrogen (secondary N) is 2. The second-order valence-corrected chi connectivity index (χ2v) is 8.01. The van der Waals surface area contributed by atoms with Gasteiger partial charge in [0.2, 0.25) is 11.8 Å². The molecule has 3 heterocycles. The van der Waals surface area contributed by atoms with E-state index in [1.54, 1.807) is 22.2 Å². The van der Waals surface area contributed by atoms with Gasteiger partial charge in [-0.05, 0) is 24.7 Å². The van der Waals surface area contributed by atoms with E-state index in [0.717, 1.165) is 12.8 Å². The van der Waals surface area contributed by atoms with Crippen molar-refractivity contribution in [3.05, 3.63) is 18.2 Å². The van der Waals surface area contributed by atoms with Crippen molar-refractivity contribution >= 4 is 17.7 Å². The van der Waals surface area contributed by atoms with Crippen molar-refractivity contribution in [3.63, 3.8) is 0 Å². The fourth-order valence-corrected chi connectivity index (χ4v) is 3.83. The van der Waals surface area contributed by atoms with E-state index in [2.05, 4.69) is 29.1 Å². The van der Waals surface area contributed by atoms with Crippen LogP contribution in [0.25, 0.3) is 0 Å². The molecule has 3 amide bonds. The van der Waals surface area contributed by atoms with Crippen LogP contribution in [-0.2, 0) is 9.59 Å². The van der Waals surface area contributed by atoms with Crippen molar-refractivity contribution < 1.29 is 14.4 Å². The summed E-state index contributed by atoms with van der Waals surface area (Å²) in [5.74, 6) is 0.883. The molecule has 2 saturated heterocycles. The second kappa shape index (κ2) is 8.54. The zero-order valence-corrected chi connectivity index (χ0v) is 16.1. The molecule has 2 aliphatic heterocycles. The van der Waals surface area contributed by atoms with Crippen LogP contribution in [0, 0.1) is 17.8 Å². The van der Waals surface area contributed by atoms with Gasteiger partial charge < -0.3 is 20.1 Å². The number of carbonyl (C=O) groups is 3. The largest absolute Gasteiger partial charge is 0.356 e. The Hall–Kier alpha value is -2.38. The van der Waals surface area contributed by atoms with Crippen LogP contribution in [-0.4, -0.2) is 70.2 Å². The molecule has 0 aromatic carbocycles. The van der Waals surface area contributed by atoms with Crippen molar-refractivity contribution in [2.75, 3.05) is 32.7 Å². The maximum absolute atomic E-state index is 12.4. The fourth-order valence-electron chi connectivity index (χ4n) is 3.83. The van der Waals surface area contributed by atoms with Gasteiger partial charge >= 0.3 is 0 Å². The molecule has 0 bridgehead atoms. The van der Waals surface area contributed by atoms with E-state index in [9.17, 15) is 14.4 Å². The van der Waals surface area contributed by atoms with E-state index in [-0.39, 0.29) is 23.6 Å². The molecular weight excluding hydrogens is 346 g/mol. The topological polar surface area (TPSA) is 98.4 Å². The maximum atomic E-state index is 12.4. The zero-order chi connectivity index (χ0) is 19.4. The Kier molecular flexibility index (Phi) is 6.13. The van der Waals surface area contributed by atoms with Crippen LogP contribution in [0.4, 0.5) is 0 Å². The van der Waals surface area contributed by atoms with E-state index in [4.69, 9.17) is 0 Å². The lowest BCUT2D eigenvalue weighted by Gasteiger charge is -2.31. The smallest absolute Gasteiger partial charge is 0.289 e. The van der Waals surface area contributed by atoms with Crippen LogP contribution >= 0.6 is 0 Å². The van der Waals surface area contributed by atoms with E-state index < -0.39 is 0 Å². The molecule has 1 atom stereocenters. The Morgan fingerprint density at radius 3 is 2.70 bits per heavy atom. The molecular formula is C19H29N5O3. The quantitative estimate of drug-likeness (QED) is 0.771. The Morgan fingerprint density at radius 2 is 2.07 bits per heavy atom. The van der Waals surface area contributed by atoms with Crippen molar-refractivity contribution in [1.29, 1.82) is 0 Å². The monoisotopic (exact) mass is 375 g/mol. The van der Waals surface area contributed by atoms with Gasteiger partial charge in [0.1, 0.15) is 0 Å². The number of rotatable bonds is 6. The Balaban J connectivity index is 1.39. The minimum absolute atomic E-state index is 0.0244. The summed E-state index contributed by atoms with van der Waals surface area (Å²) in [5, 5.41) is 3.02. The van der Waals surface area contributed by atoms with Gasteiger partial charge in [0.25, 0.3) is 5.91 Å². The van der Waals surface area contributed by atoms with Crippen molar-refractivity contribution in [3.8, 4) is 0 Å². The number of aromatic nitrogens is 2. The first-order valence-electron chi connectivity index (χ1n) is 9.78. The minimum atomic E-state index is -0.239. The highest BCUT2D eigenvalue weighted by molar-refractivity contribution is 5.90. The first kappa shape index (κ1) is 19.4. The van der Waals surface area contributed by atoms with E-state index in [1.165, 1.54) is 0 Å². The number of carbonyl (C=O) groups excluding carboxylic acids is 3. The van der Waals surface area contributed by atoms with Gasteiger partial charge in [-0.2, -0.15) is 0 Å². The summed E-state index contributed by atoms with van der Waals surface area (Å²) >= 11 is 0. The maximum Gasteiger partial charge on any atom is 0.289 e. The highest BCUT2D eigenvalue weighted by Crippen LogP contribution is 2.21. The molecule has 0 saturated carbocycles. The highest BCUT2D eigenvalue weighted by atomic mass is 16.2. The van der Waals surface area contributed by atoms with Crippen molar-refractivity contribution in [1.82, 2.24) is 25.1 Å². The minimum Gasteiger partial charge on any atom is -0.356 e. The molecule has 3 rings (SSSR count). The number of hydrogen-bond acceptors (Lipinski definition) is 4. The van der Waals surface area contributed by atoms with Crippen LogP contribution in [0.1, 0.15) is 43.7 Å². The van der Waals surface area contributed by atoms with Crippen LogP contribution in [0.3, 0.4) is 0 Å². The number of nitrogens with zero attached hydrogens (tertiary/aromatic N) is 3. The van der Waals surface area contributed by atoms with Gasteiger partial charge in [-0.15, -0.1) is 0 Å². The number of piperidine rings is 1. The lowest BCUT2D eigenvalue weighted by atomic mass is 9.96. The third-order valence-electron chi connectivity index (χ3n) is 5.34. The van der Waals surface area contributed by atoms with Crippen LogP contribution < -0.4 is 5.32 Å². The fraction of sp³-hybridized carbons (Fsp3) is 0.684. The molecule has 2 fully saturated rings. The highest BCUT2D eigenvalue weighted by Gasteiger charge is 2.34. The zero-order valence-electron chi connectivity index (χ0n) is 16.1. The molecule has 1 aromatic heterocycles. The molecule has 148 valence electrons. The van der Waals surface area contributed by atoms with Crippen LogP contribution in [0.2, 0.25) is 0 Å². The Morgan fingerprint density at radius 1 is 1.33 bits per heavy atom. The number of H-pyrrole nitrogens is 1. The van der Waals surface area contributed by atoms with Gasteiger partial charge in [0.05, 0.1) is 5.92 Å². The van der Waals surface area contributed by atoms with Crippen LogP contribution in [0.5, 0.6) is 0 Å². The summed E-state index contributed by atoms with van der Waals surface area (Å²) < 4.78 is 0. The molecule has 1 unspecified atom stereocenters. The number of hydrogen-bond donors (Lipinski definition) is 2. The van der Waals surface area contributed by atoms with Gasteiger partial charge in [0, 0.05) is 51.5 Å². The summed E-state index contributed by atoms with van der Waals surface area (Å²) in [7, 11) is 0. The van der Waals surface area contributed by atoms with E-state index in [0.29, 0.717) is 56.8 Å². The normalized spacial score (nSPS) is 21.1. The second-order valence-electron chi connectivity index (χ2n) is 8.01. The number of likely N-dealkylation sites (tertiary alicyclic amines) is 2. The van der Waals surface area contributed by atoms with Crippen molar-refractivity contribution in [2.45, 2.75) is 33.1 Å². The summed E-state index contributed by atoms with van der Waals surface area (Å²) in [5.41, 5.74) is 0. The molecule has 27 heavy (non-hydrogen) atoms. The summed E-state index contributed by atoms with van der Waals surface area (Å²) in [4.78, 5) is 47.2. The Bertz CT molecular complexity index is 665. The summed E-state index contributed by atoms with van der Waals surface area (Å²) in [6.45, 7) is 7.34. The van der Waals surface area contributed by atoms with Crippen molar-refractivity contribution in [2.24, 2.45) is 17.8 Å². The average Bonchev–Trinajstić information content (AvgIpc) is 3.30. The molecule has 2 N–H and O–H groups in total. The first-order valence-corrected chi connectivity index (χ1v) is 9.78. The molecule has 2 aliphatic rings. The van der Waals surface area contributed by atoms with Gasteiger partial charge in [-0.1, -0.05) is 13.8 Å². The predicted octanol–water partition coefficient (Wildman–Crippen LogP) is 0.883. The van der Waals surface area contributed by atoms with Gasteiger partial charge in [-0.25, -0.2) is 4.98 Å². The average molecular weight is 375 g/mol. The Labute approximate surface area is 159 Å². The number of aromatic amines is 1. The summed E-state index contributed by atoms with van der Waals surface area (Å²) in [6, 6.07) is 0. The third kappa shape index (κ3) is 4.87. The summed E-state index contributed by atoms with van der Waals surface area (Å²) in [6.07, 6.45) is 5.25. The van der Waals surface area contributed by atoms with E-state index in [1.807, 2.05) is 0 Å². The van der Waals surface area contributed by atoms with E-state index >= 15 is 0 Å². The number of imidazole rings is 1. The van der Waals surface area contributed by atoms with Gasteiger partial charge in [-0.3, -0.25) is 14.4 Å². The third-order valence-corrected chi connectivity index (χ3v) is 5.34. The first-order chi connectivity index (χ1) is 12.9. The number of amides is 3. The predicted molar refractivity (Wildman–Crippen MR) is 99.7 cm³/mol. The molecule has 8 nitrogen and oxygen atoms in total. The molecule has 0 spiro atoms.